The van der Waals surface area contributed by atoms with E-state index in [1.54, 1.807) is 18.2 Å². The van der Waals surface area contributed by atoms with Crippen LogP contribution in [0.1, 0.15) is 10.4 Å². The molecule has 0 radical (unpaired) electrons. The minimum Gasteiger partial charge on any atom is -0.505 e. The number of phenolic OH excluding ortho intramolecular Hbond substituents is 1. The SMILES string of the molecule is COC(=O)c1cc(Br)cc(NC(C#N)=C(C#N)C#N)c1O. The van der Waals surface area contributed by atoms with Crippen molar-refractivity contribution in [2.75, 3.05) is 12.4 Å². The molecule has 104 valence electrons. The second kappa shape index (κ2) is 6.95. The number of hydrogen-bond acceptors (Lipinski definition) is 7. The molecule has 0 atom stereocenters. The zero-order valence-electron chi connectivity index (χ0n) is 10.6. The highest BCUT2D eigenvalue weighted by Crippen LogP contribution is 2.33. The van der Waals surface area contributed by atoms with Crippen LogP contribution in [0.3, 0.4) is 0 Å². The van der Waals surface area contributed by atoms with Crippen LogP contribution in [0.2, 0.25) is 0 Å². The summed E-state index contributed by atoms with van der Waals surface area (Å²) in [6, 6.07) is 7.46. The van der Waals surface area contributed by atoms with Crippen molar-refractivity contribution >= 4 is 27.6 Å². The molecule has 0 bridgehead atoms. The Balaban J connectivity index is 3.41. The summed E-state index contributed by atoms with van der Waals surface area (Å²) in [6.07, 6.45) is 0. The molecule has 7 nitrogen and oxygen atoms in total. The van der Waals surface area contributed by atoms with Crippen molar-refractivity contribution in [1.82, 2.24) is 0 Å². The van der Waals surface area contributed by atoms with Crippen LogP contribution in [-0.4, -0.2) is 18.2 Å². The highest BCUT2D eigenvalue weighted by atomic mass is 79.9. The first-order chi connectivity index (χ1) is 9.98. The molecule has 21 heavy (non-hydrogen) atoms. The van der Waals surface area contributed by atoms with Gasteiger partial charge in [0.15, 0.2) is 11.3 Å². The number of hydrogen-bond donors (Lipinski definition) is 2. The number of benzene rings is 1. The van der Waals surface area contributed by atoms with Gasteiger partial charge in [0.25, 0.3) is 0 Å². The number of phenols is 1. The first kappa shape index (κ1) is 16.0. The maximum atomic E-state index is 11.5. The van der Waals surface area contributed by atoms with Gasteiger partial charge in [-0.25, -0.2) is 4.79 Å². The van der Waals surface area contributed by atoms with Crippen molar-refractivity contribution < 1.29 is 14.6 Å². The molecule has 0 spiro atoms. The third-order valence-corrected chi connectivity index (χ3v) is 2.78. The van der Waals surface area contributed by atoms with E-state index in [1.165, 1.54) is 12.1 Å². The highest BCUT2D eigenvalue weighted by Gasteiger charge is 2.18. The molecule has 0 heterocycles. The highest BCUT2D eigenvalue weighted by molar-refractivity contribution is 9.10. The maximum Gasteiger partial charge on any atom is 0.341 e. The lowest BCUT2D eigenvalue weighted by molar-refractivity contribution is 0.0597. The number of nitrogens with zero attached hydrogens (tertiary/aromatic N) is 3. The lowest BCUT2D eigenvalue weighted by Gasteiger charge is -2.11. The summed E-state index contributed by atoms with van der Waals surface area (Å²) in [6.45, 7) is 0. The number of esters is 1. The van der Waals surface area contributed by atoms with Gasteiger partial charge in [0, 0.05) is 4.47 Å². The largest absolute Gasteiger partial charge is 0.505 e. The van der Waals surface area contributed by atoms with Crippen LogP contribution in [0.25, 0.3) is 0 Å². The number of ether oxygens (including phenoxy) is 1. The molecule has 0 saturated heterocycles. The number of allylic oxidation sites excluding steroid dienone is 2. The smallest absolute Gasteiger partial charge is 0.341 e. The number of anilines is 1. The van der Waals surface area contributed by atoms with Crippen LogP contribution in [0.4, 0.5) is 5.69 Å². The van der Waals surface area contributed by atoms with E-state index in [2.05, 4.69) is 26.0 Å². The van der Waals surface area contributed by atoms with Gasteiger partial charge in [-0.1, -0.05) is 15.9 Å². The molecule has 0 aromatic heterocycles. The number of nitriles is 3. The summed E-state index contributed by atoms with van der Waals surface area (Å²) >= 11 is 3.14. The first-order valence-corrected chi connectivity index (χ1v) is 6.10. The van der Waals surface area contributed by atoms with Crippen LogP contribution in [0.5, 0.6) is 5.75 Å². The fraction of sp³-hybridized carbons (Fsp3) is 0.0769. The summed E-state index contributed by atoms with van der Waals surface area (Å²) in [7, 11) is 1.15. The second-order valence-corrected chi connectivity index (χ2v) is 4.47. The molecule has 8 heteroatoms. The lowest BCUT2D eigenvalue weighted by Crippen LogP contribution is -2.06. The monoisotopic (exact) mass is 346 g/mol. The van der Waals surface area contributed by atoms with Crippen molar-refractivity contribution in [3.63, 3.8) is 0 Å². The number of carbonyl (C=O) groups excluding carboxylic acids is 1. The van der Waals surface area contributed by atoms with Gasteiger partial charge in [0.2, 0.25) is 0 Å². The van der Waals surface area contributed by atoms with E-state index in [9.17, 15) is 9.90 Å². The molecule has 0 unspecified atom stereocenters. The van der Waals surface area contributed by atoms with Crippen molar-refractivity contribution in [2.45, 2.75) is 0 Å². The van der Waals surface area contributed by atoms with Crippen LogP contribution < -0.4 is 5.32 Å². The Labute approximate surface area is 128 Å². The molecular weight excluding hydrogens is 340 g/mol. The van der Waals surface area contributed by atoms with Gasteiger partial charge in [0.05, 0.1) is 12.8 Å². The zero-order valence-corrected chi connectivity index (χ0v) is 12.2. The number of carbonyl (C=O) groups is 1. The molecule has 0 aliphatic carbocycles. The summed E-state index contributed by atoms with van der Waals surface area (Å²) in [5.41, 5.74) is -0.952. The Morgan fingerprint density at radius 2 is 1.90 bits per heavy atom. The number of rotatable bonds is 3. The number of halogens is 1. The van der Waals surface area contributed by atoms with E-state index in [1.807, 2.05) is 0 Å². The van der Waals surface area contributed by atoms with Gasteiger partial charge in [-0.15, -0.1) is 0 Å². The fourth-order valence-electron chi connectivity index (χ4n) is 1.38. The minimum atomic E-state index is -0.778. The third kappa shape index (κ3) is 3.50. The predicted molar refractivity (Wildman–Crippen MR) is 74.6 cm³/mol. The number of nitrogens with one attached hydrogen (secondary N) is 1. The average Bonchev–Trinajstić information content (AvgIpc) is 2.49. The van der Waals surface area contributed by atoms with E-state index in [0.717, 1.165) is 7.11 Å². The van der Waals surface area contributed by atoms with Gasteiger partial charge in [-0.05, 0) is 12.1 Å². The van der Waals surface area contributed by atoms with Gasteiger partial charge in [-0.2, -0.15) is 15.8 Å². The van der Waals surface area contributed by atoms with Crippen molar-refractivity contribution in [2.24, 2.45) is 0 Å². The van der Waals surface area contributed by atoms with Gasteiger partial charge in [-0.3, -0.25) is 0 Å². The fourth-order valence-corrected chi connectivity index (χ4v) is 1.84. The Hall–Kier alpha value is -3.02. The van der Waals surface area contributed by atoms with E-state index >= 15 is 0 Å². The normalized spacial score (nSPS) is 8.71. The number of methoxy groups -OCH3 is 1. The van der Waals surface area contributed by atoms with Crippen molar-refractivity contribution in [3.05, 3.63) is 33.4 Å². The molecule has 0 amide bonds. The van der Waals surface area contributed by atoms with E-state index in [-0.39, 0.29) is 16.9 Å². The van der Waals surface area contributed by atoms with Crippen LogP contribution in [-0.2, 0) is 4.74 Å². The molecule has 0 saturated carbocycles. The quantitative estimate of drug-likeness (QED) is 0.487. The van der Waals surface area contributed by atoms with E-state index in [4.69, 9.17) is 15.8 Å². The van der Waals surface area contributed by atoms with Gasteiger partial charge < -0.3 is 15.2 Å². The minimum absolute atomic E-state index is 0.0238. The average molecular weight is 347 g/mol. The molecule has 2 N–H and O–H groups in total. The molecular formula is C13H7BrN4O3. The van der Waals surface area contributed by atoms with Crippen molar-refractivity contribution in [1.29, 1.82) is 15.8 Å². The van der Waals surface area contributed by atoms with Crippen LogP contribution in [0, 0.1) is 34.0 Å². The van der Waals surface area contributed by atoms with Gasteiger partial charge >= 0.3 is 5.97 Å². The topological polar surface area (TPSA) is 130 Å². The third-order valence-electron chi connectivity index (χ3n) is 2.33. The molecule has 1 aromatic rings. The summed E-state index contributed by atoms with van der Waals surface area (Å²) < 4.78 is 4.95. The van der Waals surface area contributed by atoms with Gasteiger partial charge in [0.1, 0.15) is 29.5 Å². The predicted octanol–water partition coefficient (Wildman–Crippen LogP) is 2.18. The first-order valence-electron chi connectivity index (χ1n) is 5.30. The molecule has 0 aliphatic heterocycles. The second-order valence-electron chi connectivity index (χ2n) is 3.55. The lowest BCUT2D eigenvalue weighted by atomic mass is 10.1. The molecule has 1 aromatic carbocycles. The molecule has 1 rings (SSSR count). The van der Waals surface area contributed by atoms with E-state index < -0.39 is 17.3 Å². The standard InChI is InChI=1S/C13H7BrN4O3/c1-21-13(20)9-2-8(14)3-10(12(9)19)18-11(6-17)7(4-15)5-16/h2-3,18-19H,1H3. The van der Waals surface area contributed by atoms with Crippen LogP contribution >= 0.6 is 15.9 Å². The van der Waals surface area contributed by atoms with Crippen molar-refractivity contribution in [3.8, 4) is 24.0 Å². The van der Waals surface area contributed by atoms with Crippen LogP contribution in [0.15, 0.2) is 27.9 Å². The maximum absolute atomic E-state index is 11.5. The Kier molecular flexibility index (Phi) is 5.31. The summed E-state index contributed by atoms with van der Waals surface area (Å²) in [5, 5.41) is 38.9. The zero-order chi connectivity index (χ0) is 16.0. The van der Waals surface area contributed by atoms with E-state index in [0.29, 0.717) is 4.47 Å². The Morgan fingerprint density at radius 3 is 2.38 bits per heavy atom. The summed E-state index contributed by atoms with van der Waals surface area (Å²) in [4.78, 5) is 11.5. The number of aromatic hydroxyl groups is 1. The Morgan fingerprint density at radius 1 is 1.29 bits per heavy atom. The molecule has 0 aliphatic rings. The Bertz CT molecular complexity index is 734. The summed E-state index contributed by atoms with van der Waals surface area (Å²) in [5.74, 6) is -1.24. The molecule has 0 fully saturated rings.